The van der Waals surface area contributed by atoms with Crippen molar-refractivity contribution in [3.05, 3.63) is 11.6 Å². The van der Waals surface area contributed by atoms with Crippen LogP contribution in [0.5, 0.6) is 0 Å². The molecule has 3 saturated carbocycles. The zero-order valence-corrected chi connectivity index (χ0v) is 23.7. The van der Waals surface area contributed by atoms with E-state index >= 15 is 0 Å². The number of fused-ring (bicyclic) bond motifs is 5. The van der Waals surface area contributed by atoms with E-state index in [1.165, 1.54) is 51.4 Å². The molecule has 8 atom stereocenters. The lowest BCUT2D eigenvalue weighted by molar-refractivity contribution is -0.0617. The molecule has 0 spiro atoms. The summed E-state index contributed by atoms with van der Waals surface area (Å²) in [5.41, 5.74) is 2.43. The van der Waals surface area contributed by atoms with Crippen LogP contribution in [0.1, 0.15) is 125 Å². The molecular weight excluding hydrogens is 432 g/mol. The lowest BCUT2D eigenvalue weighted by atomic mass is 9.47. The molecule has 4 rings (SSSR count). The molecule has 4 aliphatic carbocycles. The van der Waals surface area contributed by atoms with Gasteiger partial charge in [0.05, 0.1) is 6.61 Å². The Morgan fingerprint density at radius 2 is 1.83 bits per heavy atom. The molecule has 3 heteroatoms. The maximum absolute atomic E-state index is 12.1. The summed E-state index contributed by atoms with van der Waals surface area (Å²) in [6.07, 6.45) is 18.3. The van der Waals surface area contributed by atoms with E-state index < -0.39 is 6.16 Å². The van der Waals surface area contributed by atoms with E-state index in [0.717, 1.165) is 67.6 Å². The predicted molar refractivity (Wildman–Crippen MR) is 144 cm³/mol. The van der Waals surface area contributed by atoms with Gasteiger partial charge in [0.2, 0.25) is 0 Å². The normalized spacial score (nSPS) is 39.3. The zero-order chi connectivity index (χ0) is 25.2. The van der Waals surface area contributed by atoms with E-state index in [0.29, 0.717) is 17.4 Å². The van der Waals surface area contributed by atoms with Crippen LogP contribution < -0.4 is 0 Å². The van der Waals surface area contributed by atoms with Crippen LogP contribution in [0.3, 0.4) is 0 Å². The lowest BCUT2D eigenvalue weighted by Gasteiger charge is -2.58. The van der Waals surface area contributed by atoms with Gasteiger partial charge in [-0.05, 0) is 97.7 Å². The third kappa shape index (κ3) is 5.49. The van der Waals surface area contributed by atoms with Crippen molar-refractivity contribution in [2.45, 2.75) is 131 Å². The number of unbranched alkanes of at least 4 members (excludes halogenated alkanes) is 1. The Hall–Kier alpha value is -0.990. The van der Waals surface area contributed by atoms with Gasteiger partial charge in [0.1, 0.15) is 6.10 Å². The van der Waals surface area contributed by atoms with Crippen LogP contribution in [-0.2, 0) is 9.47 Å². The first-order chi connectivity index (χ1) is 16.7. The minimum absolute atomic E-state index is 0.00333. The van der Waals surface area contributed by atoms with Gasteiger partial charge in [-0.2, -0.15) is 0 Å². The summed E-state index contributed by atoms with van der Waals surface area (Å²) in [6.45, 7) is 15.1. The van der Waals surface area contributed by atoms with Gasteiger partial charge in [-0.15, -0.1) is 0 Å². The minimum Gasteiger partial charge on any atom is -0.434 e. The van der Waals surface area contributed by atoms with Crippen molar-refractivity contribution in [1.82, 2.24) is 0 Å². The number of ether oxygens (including phenoxy) is 2. The molecule has 0 N–H and O–H groups in total. The van der Waals surface area contributed by atoms with Gasteiger partial charge < -0.3 is 9.47 Å². The van der Waals surface area contributed by atoms with Gasteiger partial charge in [0.25, 0.3) is 0 Å². The smallest absolute Gasteiger partial charge is 0.434 e. The molecule has 0 radical (unpaired) electrons. The van der Waals surface area contributed by atoms with Crippen molar-refractivity contribution in [3.63, 3.8) is 0 Å². The Kier molecular flexibility index (Phi) is 8.64. The van der Waals surface area contributed by atoms with Crippen LogP contribution in [0, 0.1) is 46.3 Å². The lowest BCUT2D eigenvalue weighted by Crippen LogP contribution is -2.51. The van der Waals surface area contributed by atoms with Crippen molar-refractivity contribution in [2.24, 2.45) is 46.3 Å². The third-order valence-electron chi connectivity index (χ3n) is 11.2. The first-order valence-electron chi connectivity index (χ1n) is 15.2. The second-order valence-electron chi connectivity index (χ2n) is 13.7. The first kappa shape index (κ1) is 27.1. The Labute approximate surface area is 216 Å². The van der Waals surface area contributed by atoms with Crippen LogP contribution in [0.4, 0.5) is 4.79 Å². The molecule has 0 aromatic heterocycles. The Balaban J connectivity index is 1.39. The summed E-state index contributed by atoms with van der Waals surface area (Å²) < 4.78 is 11.0. The largest absolute Gasteiger partial charge is 0.508 e. The van der Waals surface area contributed by atoms with Crippen LogP contribution in [-0.4, -0.2) is 18.9 Å². The zero-order valence-electron chi connectivity index (χ0n) is 23.7. The maximum Gasteiger partial charge on any atom is 0.508 e. The molecule has 200 valence electrons. The summed E-state index contributed by atoms with van der Waals surface area (Å²) in [7, 11) is 0. The third-order valence-corrected chi connectivity index (χ3v) is 11.2. The Morgan fingerprint density at radius 3 is 2.57 bits per heavy atom. The van der Waals surface area contributed by atoms with Crippen molar-refractivity contribution in [1.29, 1.82) is 0 Å². The molecule has 0 amide bonds. The quantitative estimate of drug-likeness (QED) is 0.185. The van der Waals surface area contributed by atoms with Crippen molar-refractivity contribution in [3.8, 4) is 0 Å². The van der Waals surface area contributed by atoms with Crippen LogP contribution in [0.2, 0.25) is 0 Å². The second kappa shape index (κ2) is 11.2. The SMILES string of the molecule is CCCCOC(=O)OC1CCC2(C)C(=CCC3C2CCC2(C)C(C(C)CCCC(C)C)CCC32)C1. The summed E-state index contributed by atoms with van der Waals surface area (Å²) in [6, 6.07) is 0. The van der Waals surface area contributed by atoms with E-state index in [1.807, 2.05) is 0 Å². The molecule has 0 saturated heterocycles. The fourth-order valence-electron chi connectivity index (χ4n) is 9.22. The average molecular weight is 487 g/mol. The molecule has 3 nitrogen and oxygen atoms in total. The van der Waals surface area contributed by atoms with Crippen molar-refractivity contribution in [2.75, 3.05) is 6.61 Å². The number of carbonyl (C=O) groups excluding carboxylic acids is 1. The highest BCUT2D eigenvalue weighted by Gasteiger charge is 2.59. The monoisotopic (exact) mass is 486 g/mol. The summed E-state index contributed by atoms with van der Waals surface area (Å²) in [5, 5.41) is 0. The van der Waals surface area contributed by atoms with Crippen molar-refractivity contribution < 1.29 is 14.3 Å². The van der Waals surface area contributed by atoms with Crippen LogP contribution in [0.25, 0.3) is 0 Å². The molecule has 4 aliphatic rings. The summed E-state index contributed by atoms with van der Waals surface area (Å²) in [4.78, 5) is 12.1. The summed E-state index contributed by atoms with van der Waals surface area (Å²) >= 11 is 0. The number of allylic oxidation sites excluding steroid dienone is 1. The van der Waals surface area contributed by atoms with E-state index in [2.05, 4.69) is 47.6 Å². The number of hydrogen-bond donors (Lipinski definition) is 0. The molecule has 8 unspecified atom stereocenters. The Morgan fingerprint density at radius 1 is 1.03 bits per heavy atom. The van der Waals surface area contributed by atoms with E-state index in [9.17, 15) is 4.79 Å². The fraction of sp³-hybridized carbons (Fsp3) is 0.906. The highest BCUT2D eigenvalue weighted by Crippen LogP contribution is 2.67. The van der Waals surface area contributed by atoms with E-state index in [1.54, 1.807) is 5.57 Å². The van der Waals surface area contributed by atoms with Gasteiger partial charge in [0.15, 0.2) is 0 Å². The molecule has 0 aromatic carbocycles. The van der Waals surface area contributed by atoms with Gasteiger partial charge in [-0.25, -0.2) is 4.79 Å². The van der Waals surface area contributed by atoms with E-state index in [4.69, 9.17) is 9.47 Å². The molecule has 0 aliphatic heterocycles. The highest BCUT2D eigenvalue weighted by molar-refractivity contribution is 5.60. The highest BCUT2D eigenvalue weighted by atomic mass is 16.7. The topological polar surface area (TPSA) is 35.5 Å². The van der Waals surface area contributed by atoms with E-state index in [-0.39, 0.29) is 6.10 Å². The standard InChI is InChI=1S/C32H54O3/c1-7-8-20-34-30(33)35-25-16-18-31(5)24(21-25)12-13-26-28-15-14-27(23(4)11-9-10-22(2)3)32(28,6)19-17-29(26)31/h12,22-23,25-29H,7-11,13-21H2,1-6H3. The average Bonchev–Trinajstić information content (AvgIpc) is 3.16. The number of rotatable bonds is 9. The molecular formula is C32H54O3. The van der Waals surface area contributed by atoms with Gasteiger partial charge in [0, 0.05) is 6.42 Å². The van der Waals surface area contributed by atoms with Gasteiger partial charge in [-0.1, -0.05) is 78.9 Å². The second-order valence-corrected chi connectivity index (χ2v) is 13.7. The maximum atomic E-state index is 12.1. The van der Waals surface area contributed by atoms with Gasteiger partial charge >= 0.3 is 6.16 Å². The Bertz CT molecular complexity index is 756. The summed E-state index contributed by atoms with van der Waals surface area (Å²) in [5.74, 6) is 5.19. The van der Waals surface area contributed by atoms with Crippen molar-refractivity contribution >= 4 is 6.16 Å². The minimum atomic E-state index is -0.464. The van der Waals surface area contributed by atoms with Crippen LogP contribution in [0.15, 0.2) is 11.6 Å². The van der Waals surface area contributed by atoms with Crippen LogP contribution >= 0.6 is 0 Å². The molecule has 0 heterocycles. The first-order valence-corrected chi connectivity index (χ1v) is 15.2. The molecule has 0 aromatic rings. The predicted octanol–water partition coefficient (Wildman–Crippen LogP) is 9.35. The molecule has 3 fully saturated rings. The number of hydrogen-bond acceptors (Lipinski definition) is 3. The number of carbonyl (C=O) groups is 1. The van der Waals surface area contributed by atoms with Gasteiger partial charge in [-0.3, -0.25) is 0 Å². The molecule has 0 bridgehead atoms. The fourth-order valence-corrected chi connectivity index (χ4v) is 9.22. The molecule has 35 heavy (non-hydrogen) atoms.